The standard InChI is InChI=1S/C18H14O6.B/c1-22-13-8-11-12(9-14(13)23-2)18(21)24-16(17(19)20)15(11)10-6-4-3-5-7-10;/h3-9H,1-2H3,(H,19,20);. The zero-order chi connectivity index (χ0) is 17.3. The van der Waals surface area contributed by atoms with Crippen molar-refractivity contribution in [3.63, 3.8) is 0 Å². The molecule has 3 radical (unpaired) electrons. The predicted molar refractivity (Wildman–Crippen MR) is 93.7 cm³/mol. The van der Waals surface area contributed by atoms with E-state index < -0.39 is 17.4 Å². The lowest BCUT2D eigenvalue weighted by molar-refractivity contribution is 0.0659. The van der Waals surface area contributed by atoms with Crippen LogP contribution in [0.4, 0.5) is 0 Å². The Balaban J connectivity index is 0.00000225. The van der Waals surface area contributed by atoms with Gasteiger partial charge in [-0.05, 0) is 17.7 Å². The molecule has 1 aromatic heterocycles. The van der Waals surface area contributed by atoms with Crippen molar-refractivity contribution in [2.45, 2.75) is 0 Å². The van der Waals surface area contributed by atoms with E-state index in [9.17, 15) is 14.7 Å². The number of hydrogen-bond acceptors (Lipinski definition) is 5. The second-order valence-electron chi connectivity index (χ2n) is 5.02. The van der Waals surface area contributed by atoms with Gasteiger partial charge in [-0.2, -0.15) is 0 Å². The van der Waals surface area contributed by atoms with Crippen LogP contribution in [0.15, 0.2) is 51.7 Å². The van der Waals surface area contributed by atoms with Crippen LogP contribution in [-0.4, -0.2) is 33.7 Å². The minimum atomic E-state index is -1.32. The van der Waals surface area contributed by atoms with Crippen molar-refractivity contribution in [2.75, 3.05) is 14.2 Å². The predicted octanol–water partition coefficient (Wildman–Crippen LogP) is 2.79. The lowest BCUT2D eigenvalue weighted by Gasteiger charge is -2.13. The van der Waals surface area contributed by atoms with Gasteiger partial charge in [0.25, 0.3) is 0 Å². The normalized spacial score (nSPS) is 10.2. The Labute approximate surface area is 145 Å². The van der Waals surface area contributed by atoms with Gasteiger partial charge in [0.1, 0.15) is 0 Å². The summed E-state index contributed by atoms with van der Waals surface area (Å²) < 4.78 is 15.5. The molecule has 0 atom stereocenters. The van der Waals surface area contributed by atoms with Gasteiger partial charge in [-0.1, -0.05) is 30.3 Å². The summed E-state index contributed by atoms with van der Waals surface area (Å²) in [6.45, 7) is 0. The highest BCUT2D eigenvalue weighted by molar-refractivity contribution is 6.05. The van der Waals surface area contributed by atoms with Gasteiger partial charge in [-0.3, -0.25) is 0 Å². The molecule has 1 heterocycles. The van der Waals surface area contributed by atoms with Gasteiger partial charge in [0.15, 0.2) is 11.5 Å². The van der Waals surface area contributed by atoms with Gasteiger partial charge in [-0.15, -0.1) is 0 Å². The first-order valence-corrected chi connectivity index (χ1v) is 7.08. The topological polar surface area (TPSA) is 86.0 Å². The van der Waals surface area contributed by atoms with E-state index in [0.717, 1.165) is 0 Å². The van der Waals surface area contributed by atoms with E-state index in [4.69, 9.17) is 13.9 Å². The average Bonchev–Trinajstić information content (AvgIpc) is 2.61. The maximum Gasteiger partial charge on any atom is 0.372 e. The third kappa shape index (κ3) is 3.08. The largest absolute Gasteiger partial charge is 0.493 e. The van der Waals surface area contributed by atoms with E-state index in [1.54, 1.807) is 30.3 Å². The monoisotopic (exact) mass is 337 g/mol. The van der Waals surface area contributed by atoms with Crippen molar-refractivity contribution in [3.05, 3.63) is 58.6 Å². The molecule has 0 saturated heterocycles. The van der Waals surface area contributed by atoms with E-state index in [-0.39, 0.29) is 13.8 Å². The van der Waals surface area contributed by atoms with E-state index >= 15 is 0 Å². The van der Waals surface area contributed by atoms with Crippen LogP contribution in [0.25, 0.3) is 21.9 Å². The van der Waals surface area contributed by atoms with Crippen LogP contribution in [0.3, 0.4) is 0 Å². The number of rotatable bonds is 4. The number of carbonyl (C=O) groups is 1. The minimum absolute atomic E-state index is 0. The number of fused-ring (bicyclic) bond motifs is 1. The number of carboxylic acids is 1. The second kappa shape index (κ2) is 7.13. The van der Waals surface area contributed by atoms with Gasteiger partial charge < -0.3 is 19.0 Å². The summed E-state index contributed by atoms with van der Waals surface area (Å²) in [5, 5.41) is 10.1. The summed E-state index contributed by atoms with van der Waals surface area (Å²) in [4.78, 5) is 23.8. The van der Waals surface area contributed by atoms with E-state index in [0.29, 0.717) is 28.0 Å². The lowest BCUT2D eigenvalue weighted by Crippen LogP contribution is -2.10. The first-order valence-electron chi connectivity index (χ1n) is 7.08. The average molecular weight is 337 g/mol. The molecule has 0 fully saturated rings. The number of methoxy groups -OCH3 is 2. The first-order chi connectivity index (χ1) is 11.6. The highest BCUT2D eigenvalue weighted by Crippen LogP contribution is 2.37. The fourth-order valence-corrected chi connectivity index (χ4v) is 2.62. The molecule has 6 nitrogen and oxygen atoms in total. The molecule has 0 aliphatic heterocycles. The highest BCUT2D eigenvalue weighted by atomic mass is 16.5. The zero-order valence-electron chi connectivity index (χ0n) is 13.6. The summed E-state index contributed by atoms with van der Waals surface area (Å²) in [6.07, 6.45) is 0. The summed E-state index contributed by atoms with van der Waals surface area (Å²) in [5.74, 6) is -0.975. The lowest BCUT2D eigenvalue weighted by atomic mass is 9.98. The van der Waals surface area contributed by atoms with E-state index in [2.05, 4.69) is 0 Å². The van der Waals surface area contributed by atoms with Crippen LogP contribution in [0.1, 0.15) is 10.6 Å². The summed E-state index contributed by atoms with van der Waals surface area (Å²) in [6, 6.07) is 11.9. The highest BCUT2D eigenvalue weighted by Gasteiger charge is 2.22. The fraction of sp³-hybridized carbons (Fsp3) is 0.111. The van der Waals surface area contributed by atoms with Gasteiger partial charge in [0.05, 0.1) is 19.6 Å². The summed E-state index contributed by atoms with van der Waals surface area (Å²) in [5.41, 5.74) is 0.192. The van der Waals surface area contributed by atoms with Crippen LogP contribution in [0.2, 0.25) is 0 Å². The first kappa shape index (κ1) is 18.1. The van der Waals surface area contributed by atoms with E-state index in [1.165, 1.54) is 20.3 Å². The molecule has 3 aromatic rings. The third-order valence-corrected chi connectivity index (χ3v) is 3.69. The molecule has 0 saturated carbocycles. The van der Waals surface area contributed by atoms with Crippen molar-refractivity contribution >= 4 is 25.2 Å². The molecule has 7 heteroatoms. The quantitative estimate of drug-likeness (QED) is 0.737. The number of carboxylic acid groups (broad SMARTS) is 1. The third-order valence-electron chi connectivity index (χ3n) is 3.69. The van der Waals surface area contributed by atoms with Crippen LogP contribution in [0.5, 0.6) is 11.5 Å². The Hall–Kier alpha value is -3.22. The molecule has 3 rings (SSSR count). The van der Waals surface area contributed by atoms with Gasteiger partial charge in [0, 0.05) is 19.4 Å². The Morgan fingerprint density at radius 1 is 1.00 bits per heavy atom. The zero-order valence-corrected chi connectivity index (χ0v) is 13.6. The molecule has 0 unspecified atom stereocenters. The second-order valence-corrected chi connectivity index (χ2v) is 5.02. The van der Waals surface area contributed by atoms with E-state index in [1.807, 2.05) is 6.07 Å². The Kier molecular flexibility index (Phi) is 5.17. The van der Waals surface area contributed by atoms with Crippen molar-refractivity contribution in [3.8, 4) is 22.6 Å². The number of aromatic carboxylic acids is 1. The molecule has 0 bridgehead atoms. The Bertz CT molecular complexity index is 978. The maximum absolute atomic E-state index is 12.2. The molecule has 0 amide bonds. The molecule has 2 aromatic carbocycles. The molecular formula is C18H14BO6. The van der Waals surface area contributed by atoms with Crippen molar-refractivity contribution < 1.29 is 23.8 Å². The van der Waals surface area contributed by atoms with Crippen LogP contribution >= 0.6 is 0 Å². The number of benzene rings is 2. The van der Waals surface area contributed by atoms with Crippen LogP contribution in [-0.2, 0) is 0 Å². The van der Waals surface area contributed by atoms with Gasteiger partial charge in [0.2, 0.25) is 5.76 Å². The SMILES string of the molecule is COc1cc2c(-c3ccccc3)c(C(=O)O)oc(=O)c2cc1OC.[B]. The van der Waals surface area contributed by atoms with Crippen molar-refractivity contribution in [1.82, 2.24) is 0 Å². The smallest absolute Gasteiger partial charge is 0.372 e. The molecule has 125 valence electrons. The number of hydrogen-bond donors (Lipinski definition) is 1. The maximum atomic E-state index is 12.2. The van der Waals surface area contributed by atoms with Crippen molar-refractivity contribution in [1.29, 1.82) is 0 Å². The fourth-order valence-electron chi connectivity index (χ4n) is 2.62. The Morgan fingerprint density at radius 2 is 1.56 bits per heavy atom. The summed E-state index contributed by atoms with van der Waals surface area (Å²) >= 11 is 0. The molecule has 25 heavy (non-hydrogen) atoms. The summed E-state index contributed by atoms with van der Waals surface area (Å²) in [7, 11) is 2.92. The molecule has 0 spiro atoms. The molecule has 1 N–H and O–H groups in total. The molecule has 0 aliphatic carbocycles. The Morgan fingerprint density at radius 3 is 2.08 bits per heavy atom. The van der Waals surface area contributed by atoms with Crippen LogP contribution < -0.4 is 15.1 Å². The van der Waals surface area contributed by atoms with Gasteiger partial charge in [-0.25, -0.2) is 9.59 Å². The molecule has 0 aliphatic rings. The van der Waals surface area contributed by atoms with Crippen LogP contribution in [0, 0.1) is 0 Å². The van der Waals surface area contributed by atoms with Gasteiger partial charge >= 0.3 is 11.6 Å². The number of ether oxygens (including phenoxy) is 2. The molecular weight excluding hydrogens is 323 g/mol. The van der Waals surface area contributed by atoms with Crippen molar-refractivity contribution in [2.24, 2.45) is 0 Å². The minimum Gasteiger partial charge on any atom is -0.493 e.